The highest BCUT2D eigenvalue weighted by Crippen LogP contribution is 2.07. The van der Waals surface area contributed by atoms with Crippen LogP contribution in [0.1, 0.15) is 29.8 Å². The summed E-state index contributed by atoms with van der Waals surface area (Å²) in [7, 11) is 1.68. The van der Waals surface area contributed by atoms with Crippen molar-refractivity contribution in [3.8, 4) is 0 Å². The SMILES string of the molecule is COCCCCCNc1nc(C(=O)O)co1. The molecular formula is C10H16N2O4. The van der Waals surface area contributed by atoms with Gasteiger partial charge in [-0.2, -0.15) is 4.98 Å². The number of unbranched alkanes of at least 4 members (excludes halogenated alkanes) is 2. The van der Waals surface area contributed by atoms with Gasteiger partial charge in [0.1, 0.15) is 6.26 Å². The van der Waals surface area contributed by atoms with E-state index >= 15 is 0 Å². The average Bonchev–Trinajstić information content (AvgIpc) is 2.72. The van der Waals surface area contributed by atoms with E-state index in [2.05, 4.69) is 10.3 Å². The Labute approximate surface area is 93.6 Å². The Morgan fingerprint density at radius 1 is 1.56 bits per heavy atom. The molecule has 0 unspecified atom stereocenters. The molecule has 1 aromatic rings. The third kappa shape index (κ3) is 4.31. The fourth-order valence-corrected chi connectivity index (χ4v) is 1.20. The monoisotopic (exact) mass is 228 g/mol. The molecule has 6 nitrogen and oxygen atoms in total. The van der Waals surface area contributed by atoms with Crippen molar-refractivity contribution in [1.29, 1.82) is 0 Å². The number of methoxy groups -OCH3 is 1. The van der Waals surface area contributed by atoms with E-state index in [0.717, 1.165) is 32.1 Å². The summed E-state index contributed by atoms with van der Waals surface area (Å²) in [5.74, 6) is -1.09. The zero-order valence-corrected chi connectivity index (χ0v) is 9.23. The molecule has 0 atom stereocenters. The first-order chi connectivity index (χ1) is 7.74. The number of carbonyl (C=O) groups is 1. The number of nitrogens with zero attached hydrogens (tertiary/aromatic N) is 1. The summed E-state index contributed by atoms with van der Waals surface area (Å²) in [6, 6.07) is 0.254. The zero-order valence-electron chi connectivity index (χ0n) is 9.23. The van der Waals surface area contributed by atoms with Crippen LogP contribution in [-0.4, -0.2) is 36.3 Å². The predicted molar refractivity (Wildman–Crippen MR) is 57.7 cm³/mol. The van der Waals surface area contributed by atoms with E-state index in [4.69, 9.17) is 14.3 Å². The van der Waals surface area contributed by atoms with Crippen molar-refractivity contribution in [2.75, 3.05) is 25.6 Å². The number of nitrogens with one attached hydrogen (secondary N) is 1. The molecule has 0 saturated heterocycles. The first kappa shape index (κ1) is 12.5. The molecule has 1 rings (SSSR count). The zero-order chi connectivity index (χ0) is 11.8. The molecule has 90 valence electrons. The Kier molecular flexibility index (Phi) is 5.35. The highest BCUT2D eigenvalue weighted by Gasteiger charge is 2.09. The van der Waals surface area contributed by atoms with Gasteiger partial charge in [-0.15, -0.1) is 0 Å². The lowest BCUT2D eigenvalue weighted by Gasteiger charge is -2.01. The lowest BCUT2D eigenvalue weighted by molar-refractivity contribution is 0.0690. The Balaban J connectivity index is 2.14. The number of aromatic carboxylic acids is 1. The van der Waals surface area contributed by atoms with Crippen LogP contribution in [0.3, 0.4) is 0 Å². The number of rotatable bonds is 8. The molecule has 0 amide bonds. The van der Waals surface area contributed by atoms with Crippen molar-refractivity contribution in [3.05, 3.63) is 12.0 Å². The number of carboxylic acid groups (broad SMARTS) is 1. The van der Waals surface area contributed by atoms with E-state index < -0.39 is 5.97 Å². The van der Waals surface area contributed by atoms with Gasteiger partial charge in [-0.25, -0.2) is 4.79 Å². The normalized spacial score (nSPS) is 10.3. The molecular weight excluding hydrogens is 212 g/mol. The number of carboxylic acids is 1. The Bertz CT molecular complexity index is 324. The van der Waals surface area contributed by atoms with Crippen LogP contribution in [0.15, 0.2) is 10.7 Å². The minimum atomic E-state index is -1.09. The van der Waals surface area contributed by atoms with E-state index in [1.54, 1.807) is 7.11 Å². The largest absolute Gasteiger partial charge is 0.476 e. The smallest absolute Gasteiger partial charge is 0.357 e. The van der Waals surface area contributed by atoms with Crippen LogP contribution in [0.4, 0.5) is 6.01 Å². The molecule has 0 spiro atoms. The van der Waals surface area contributed by atoms with Crippen LogP contribution in [-0.2, 0) is 4.74 Å². The highest BCUT2D eigenvalue weighted by atomic mass is 16.5. The van der Waals surface area contributed by atoms with Crippen molar-refractivity contribution < 1.29 is 19.1 Å². The van der Waals surface area contributed by atoms with Gasteiger partial charge in [-0.05, 0) is 19.3 Å². The van der Waals surface area contributed by atoms with E-state index in [1.165, 1.54) is 0 Å². The maximum Gasteiger partial charge on any atom is 0.357 e. The molecule has 1 heterocycles. The van der Waals surface area contributed by atoms with Gasteiger partial charge in [0, 0.05) is 20.3 Å². The number of aromatic nitrogens is 1. The van der Waals surface area contributed by atoms with Crippen molar-refractivity contribution in [3.63, 3.8) is 0 Å². The summed E-state index contributed by atoms with van der Waals surface area (Å²) in [5.41, 5.74) is -0.0816. The van der Waals surface area contributed by atoms with E-state index in [-0.39, 0.29) is 11.7 Å². The number of hydrogen-bond acceptors (Lipinski definition) is 5. The van der Waals surface area contributed by atoms with Crippen molar-refractivity contribution in [2.24, 2.45) is 0 Å². The molecule has 0 aliphatic rings. The third-order valence-corrected chi connectivity index (χ3v) is 2.02. The van der Waals surface area contributed by atoms with Crippen molar-refractivity contribution in [2.45, 2.75) is 19.3 Å². The van der Waals surface area contributed by atoms with Crippen LogP contribution in [0.5, 0.6) is 0 Å². The van der Waals surface area contributed by atoms with Crippen molar-refractivity contribution in [1.82, 2.24) is 4.98 Å². The van der Waals surface area contributed by atoms with Crippen LogP contribution in [0.2, 0.25) is 0 Å². The topological polar surface area (TPSA) is 84.6 Å². The Hall–Kier alpha value is -1.56. The van der Waals surface area contributed by atoms with Crippen LogP contribution in [0, 0.1) is 0 Å². The summed E-state index contributed by atoms with van der Waals surface area (Å²) in [6.45, 7) is 1.48. The molecule has 1 aromatic heterocycles. The fraction of sp³-hybridized carbons (Fsp3) is 0.600. The number of oxazole rings is 1. The van der Waals surface area contributed by atoms with Gasteiger partial charge in [-0.3, -0.25) is 0 Å². The quantitative estimate of drug-likeness (QED) is 0.657. The third-order valence-electron chi connectivity index (χ3n) is 2.02. The summed E-state index contributed by atoms with van der Waals surface area (Å²) in [6.07, 6.45) is 4.15. The minimum absolute atomic E-state index is 0.0816. The molecule has 0 fully saturated rings. The summed E-state index contributed by atoms with van der Waals surface area (Å²) >= 11 is 0. The van der Waals surface area contributed by atoms with Gasteiger partial charge < -0.3 is 19.6 Å². The molecule has 16 heavy (non-hydrogen) atoms. The summed E-state index contributed by atoms with van der Waals surface area (Å²) < 4.78 is 9.85. The molecule has 0 aliphatic carbocycles. The number of hydrogen-bond donors (Lipinski definition) is 2. The molecule has 0 radical (unpaired) electrons. The molecule has 0 aliphatic heterocycles. The first-order valence-corrected chi connectivity index (χ1v) is 5.15. The summed E-state index contributed by atoms with van der Waals surface area (Å²) in [5, 5.41) is 11.5. The Morgan fingerprint density at radius 2 is 2.38 bits per heavy atom. The number of anilines is 1. The van der Waals surface area contributed by atoms with Gasteiger partial charge >= 0.3 is 5.97 Å². The fourth-order valence-electron chi connectivity index (χ4n) is 1.20. The van der Waals surface area contributed by atoms with Gasteiger partial charge in [-0.1, -0.05) is 0 Å². The molecule has 0 bridgehead atoms. The first-order valence-electron chi connectivity index (χ1n) is 5.15. The second kappa shape index (κ2) is 6.84. The second-order valence-corrected chi connectivity index (χ2v) is 3.32. The average molecular weight is 228 g/mol. The maximum atomic E-state index is 10.5. The molecule has 0 saturated carbocycles. The highest BCUT2D eigenvalue weighted by molar-refractivity contribution is 5.85. The van der Waals surface area contributed by atoms with Crippen LogP contribution >= 0.6 is 0 Å². The predicted octanol–water partition coefficient (Wildman–Crippen LogP) is 1.60. The van der Waals surface area contributed by atoms with E-state index in [1.807, 2.05) is 0 Å². The van der Waals surface area contributed by atoms with Gasteiger partial charge in [0.25, 0.3) is 6.01 Å². The van der Waals surface area contributed by atoms with E-state index in [0.29, 0.717) is 6.54 Å². The molecule has 6 heteroatoms. The van der Waals surface area contributed by atoms with Crippen LogP contribution < -0.4 is 5.32 Å². The Morgan fingerprint density at radius 3 is 3.00 bits per heavy atom. The van der Waals surface area contributed by atoms with Gasteiger partial charge in [0.15, 0.2) is 5.69 Å². The minimum Gasteiger partial charge on any atom is -0.476 e. The number of ether oxygens (including phenoxy) is 1. The summed E-state index contributed by atoms with van der Waals surface area (Å²) in [4.78, 5) is 14.2. The van der Waals surface area contributed by atoms with Crippen molar-refractivity contribution >= 4 is 12.0 Å². The van der Waals surface area contributed by atoms with Gasteiger partial charge in [0.05, 0.1) is 0 Å². The molecule has 0 aromatic carbocycles. The standard InChI is InChI=1S/C10H16N2O4/c1-15-6-4-2-3-5-11-10-12-8(7-16-10)9(13)14/h7H,2-6H2,1H3,(H,11,12)(H,13,14). The second-order valence-electron chi connectivity index (χ2n) is 3.32. The lowest BCUT2D eigenvalue weighted by atomic mass is 10.2. The van der Waals surface area contributed by atoms with Crippen LogP contribution in [0.25, 0.3) is 0 Å². The lowest BCUT2D eigenvalue weighted by Crippen LogP contribution is -2.03. The maximum absolute atomic E-state index is 10.5. The van der Waals surface area contributed by atoms with Gasteiger partial charge in [0.2, 0.25) is 0 Å². The van der Waals surface area contributed by atoms with E-state index in [9.17, 15) is 4.79 Å². The molecule has 2 N–H and O–H groups in total.